The lowest BCUT2D eigenvalue weighted by Gasteiger charge is -2.19. The third-order valence-corrected chi connectivity index (χ3v) is 4.91. The molecule has 1 aliphatic rings. The van der Waals surface area contributed by atoms with Gasteiger partial charge in [0.2, 0.25) is 0 Å². The number of aromatic nitrogens is 3. The van der Waals surface area contributed by atoms with Crippen molar-refractivity contribution in [2.45, 2.75) is 38.8 Å². The number of hydrogen-bond acceptors (Lipinski definition) is 6. The molecule has 0 unspecified atom stereocenters. The average Bonchev–Trinajstić information content (AvgIpc) is 3.25. The second kappa shape index (κ2) is 10.4. The molecular weight excluding hydrogens is 425 g/mol. The van der Waals surface area contributed by atoms with Crippen molar-refractivity contribution in [2.75, 3.05) is 20.6 Å². The van der Waals surface area contributed by atoms with Crippen LogP contribution in [0.25, 0.3) is 0 Å². The van der Waals surface area contributed by atoms with Gasteiger partial charge in [0.1, 0.15) is 5.69 Å². The molecule has 0 saturated carbocycles. The summed E-state index contributed by atoms with van der Waals surface area (Å²) >= 11 is 1.73. The zero-order chi connectivity index (χ0) is 22.3. The molecule has 1 aliphatic heterocycles. The van der Waals surface area contributed by atoms with Crippen LogP contribution in [0.1, 0.15) is 23.4 Å². The molecule has 2 amide bonds. The summed E-state index contributed by atoms with van der Waals surface area (Å²) in [4.78, 5) is 24.5. The Kier molecular flexibility index (Phi) is 8.17. The number of carbonyl (C=O) groups is 2. The van der Waals surface area contributed by atoms with Crippen LogP contribution in [0.3, 0.4) is 0 Å². The van der Waals surface area contributed by atoms with Crippen molar-refractivity contribution in [3.05, 3.63) is 33.8 Å². The van der Waals surface area contributed by atoms with Gasteiger partial charge in [-0.15, -0.1) is 5.10 Å². The summed E-state index contributed by atoms with van der Waals surface area (Å²) in [6.45, 7) is 4.10. The minimum absolute atomic E-state index is 0.115. The van der Waals surface area contributed by atoms with E-state index in [1.165, 1.54) is 10.5 Å². The predicted molar refractivity (Wildman–Crippen MR) is 103 cm³/mol. The number of nitrogens with one attached hydrogen (secondary N) is 1. The maximum Gasteiger partial charge on any atom is 0.490 e. The summed E-state index contributed by atoms with van der Waals surface area (Å²) in [5.41, 5.74) is 3.31. The number of carbonyl (C=O) groups excluding carboxylic acids is 1. The molecule has 0 fully saturated rings. The van der Waals surface area contributed by atoms with E-state index in [1.807, 2.05) is 4.68 Å². The van der Waals surface area contributed by atoms with Gasteiger partial charge in [0.05, 0.1) is 12.2 Å². The molecule has 30 heavy (non-hydrogen) atoms. The fourth-order valence-electron chi connectivity index (χ4n) is 2.69. The molecule has 0 aliphatic carbocycles. The number of hydrogen-bond donors (Lipinski definition) is 2. The molecule has 2 aromatic heterocycles. The van der Waals surface area contributed by atoms with Gasteiger partial charge in [-0.3, -0.25) is 4.90 Å². The summed E-state index contributed by atoms with van der Waals surface area (Å²) in [6.07, 6.45) is -4.02. The van der Waals surface area contributed by atoms with Crippen LogP contribution in [0.4, 0.5) is 18.0 Å². The number of aryl methyl sites for hydroxylation is 1. The minimum atomic E-state index is -5.08. The van der Waals surface area contributed by atoms with Crippen LogP contribution in [-0.4, -0.2) is 68.7 Å². The SMILES string of the molecule is CN(C)C(=O)NCc1nnn2c1CN(Cc1ccsc1)CCC2.O=C(O)C(F)(F)F. The zero-order valence-electron chi connectivity index (χ0n) is 16.5. The van der Waals surface area contributed by atoms with Crippen LogP contribution in [-0.2, 0) is 31.0 Å². The number of nitrogens with zero attached hydrogens (tertiary/aromatic N) is 5. The van der Waals surface area contributed by atoms with Crippen molar-refractivity contribution >= 4 is 23.3 Å². The Morgan fingerprint density at radius 2 is 2.03 bits per heavy atom. The van der Waals surface area contributed by atoms with Crippen molar-refractivity contribution in [2.24, 2.45) is 0 Å². The first-order chi connectivity index (χ1) is 14.1. The van der Waals surface area contributed by atoms with Crippen molar-refractivity contribution < 1.29 is 27.9 Å². The molecule has 0 aromatic carbocycles. The van der Waals surface area contributed by atoms with E-state index in [0.717, 1.165) is 44.0 Å². The third kappa shape index (κ3) is 6.99. The maximum absolute atomic E-state index is 11.7. The largest absolute Gasteiger partial charge is 0.490 e. The minimum Gasteiger partial charge on any atom is -0.475 e. The third-order valence-electron chi connectivity index (χ3n) is 4.18. The van der Waals surface area contributed by atoms with Crippen LogP contribution in [0.2, 0.25) is 0 Å². The van der Waals surface area contributed by atoms with Gasteiger partial charge in [-0.2, -0.15) is 24.5 Å². The Hall–Kier alpha value is -2.67. The molecule has 13 heteroatoms. The Balaban J connectivity index is 0.000000396. The van der Waals surface area contributed by atoms with Crippen LogP contribution in [0.5, 0.6) is 0 Å². The molecule has 0 spiro atoms. The highest BCUT2D eigenvalue weighted by Crippen LogP contribution is 2.18. The molecule has 0 atom stereocenters. The molecule has 9 nitrogen and oxygen atoms in total. The van der Waals surface area contributed by atoms with Gasteiger partial charge in [-0.25, -0.2) is 14.3 Å². The number of aliphatic carboxylic acids is 1. The van der Waals surface area contributed by atoms with Gasteiger partial charge in [0, 0.05) is 40.3 Å². The second-order valence-corrected chi connectivity index (χ2v) is 7.54. The van der Waals surface area contributed by atoms with E-state index in [1.54, 1.807) is 25.4 Å². The van der Waals surface area contributed by atoms with E-state index >= 15 is 0 Å². The number of carboxylic acids is 1. The number of urea groups is 1. The number of alkyl halides is 3. The van der Waals surface area contributed by atoms with Crippen molar-refractivity contribution in [1.82, 2.24) is 30.1 Å². The monoisotopic (exact) mass is 448 g/mol. The van der Waals surface area contributed by atoms with Crippen molar-refractivity contribution in [1.29, 1.82) is 0 Å². The molecule has 0 radical (unpaired) electrons. The smallest absolute Gasteiger partial charge is 0.475 e. The van der Waals surface area contributed by atoms with E-state index in [4.69, 9.17) is 9.90 Å². The van der Waals surface area contributed by atoms with Crippen LogP contribution >= 0.6 is 11.3 Å². The highest BCUT2D eigenvalue weighted by Gasteiger charge is 2.38. The second-order valence-electron chi connectivity index (χ2n) is 6.76. The first kappa shape index (κ1) is 23.6. The Labute approximate surface area is 175 Å². The Bertz CT molecular complexity index is 838. The predicted octanol–water partition coefficient (Wildman–Crippen LogP) is 2.15. The Morgan fingerprint density at radius 3 is 2.60 bits per heavy atom. The number of halogens is 3. The first-order valence-electron chi connectivity index (χ1n) is 8.98. The number of fused-ring (bicyclic) bond motifs is 1. The molecular formula is C17H23F3N6O3S. The van der Waals surface area contributed by atoms with Gasteiger partial charge in [0.15, 0.2) is 0 Å². The van der Waals surface area contributed by atoms with Crippen molar-refractivity contribution in [3.63, 3.8) is 0 Å². The normalized spacial score (nSPS) is 14.2. The summed E-state index contributed by atoms with van der Waals surface area (Å²) in [5, 5.41) is 22.8. The lowest BCUT2D eigenvalue weighted by atomic mass is 10.2. The van der Waals surface area contributed by atoms with E-state index in [9.17, 15) is 18.0 Å². The topological polar surface area (TPSA) is 104 Å². The maximum atomic E-state index is 11.7. The molecule has 3 heterocycles. The summed E-state index contributed by atoms with van der Waals surface area (Å²) < 4.78 is 33.7. The number of rotatable bonds is 4. The van der Waals surface area contributed by atoms with Gasteiger partial charge in [0.25, 0.3) is 0 Å². The summed E-state index contributed by atoms with van der Waals surface area (Å²) in [6, 6.07) is 2.05. The number of amides is 2. The summed E-state index contributed by atoms with van der Waals surface area (Å²) in [7, 11) is 3.45. The van der Waals surface area contributed by atoms with Crippen LogP contribution < -0.4 is 5.32 Å². The fourth-order valence-corrected chi connectivity index (χ4v) is 3.35. The van der Waals surface area contributed by atoms with E-state index in [0.29, 0.717) is 6.54 Å². The van der Waals surface area contributed by atoms with Crippen molar-refractivity contribution in [3.8, 4) is 0 Å². The standard InChI is InChI=1S/C15H22N6OS.C2HF3O2/c1-19(2)15(22)16-8-13-14-10-20(9-12-4-7-23-11-12)5-3-6-21(14)18-17-13;3-2(4,5)1(6)7/h4,7,11H,3,5-6,8-10H2,1-2H3,(H,16,22);(H,6,7). The molecule has 3 rings (SSSR count). The average molecular weight is 448 g/mol. The first-order valence-corrected chi connectivity index (χ1v) is 9.92. The van der Waals surface area contributed by atoms with Gasteiger partial charge >= 0.3 is 18.2 Å². The van der Waals surface area contributed by atoms with E-state index < -0.39 is 12.1 Å². The summed E-state index contributed by atoms with van der Waals surface area (Å²) in [5.74, 6) is -2.76. The quantitative estimate of drug-likeness (QED) is 0.743. The van der Waals surface area contributed by atoms with Gasteiger partial charge in [-0.1, -0.05) is 5.21 Å². The molecule has 0 bridgehead atoms. The van der Waals surface area contributed by atoms with Crippen LogP contribution in [0.15, 0.2) is 16.8 Å². The molecule has 166 valence electrons. The molecule has 2 aromatic rings. The van der Waals surface area contributed by atoms with Crippen LogP contribution in [0, 0.1) is 0 Å². The fraction of sp³-hybridized carbons (Fsp3) is 0.529. The lowest BCUT2D eigenvalue weighted by Crippen LogP contribution is -2.34. The lowest BCUT2D eigenvalue weighted by molar-refractivity contribution is -0.192. The number of thiophene rings is 1. The van der Waals surface area contributed by atoms with E-state index in [-0.39, 0.29) is 6.03 Å². The highest BCUT2D eigenvalue weighted by atomic mass is 32.1. The molecule has 2 N–H and O–H groups in total. The van der Waals surface area contributed by atoms with Gasteiger partial charge < -0.3 is 15.3 Å². The Morgan fingerprint density at radius 1 is 1.33 bits per heavy atom. The zero-order valence-corrected chi connectivity index (χ0v) is 17.3. The number of carboxylic acid groups (broad SMARTS) is 1. The van der Waals surface area contributed by atoms with Gasteiger partial charge in [-0.05, 0) is 28.8 Å². The highest BCUT2D eigenvalue weighted by molar-refractivity contribution is 7.07. The molecule has 0 saturated heterocycles. The van der Waals surface area contributed by atoms with E-state index in [2.05, 4.69) is 37.4 Å².